The Labute approximate surface area is 324 Å². The van der Waals surface area contributed by atoms with Gasteiger partial charge in [0.1, 0.15) is 0 Å². The van der Waals surface area contributed by atoms with Gasteiger partial charge in [-0.1, -0.05) is 142 Å². The highest BCUT2D eigenvalue weighted by Gasteiger charge is 2.36. The molecule has 55 heavy (non-hydrogen) atoms. The van der Waals surface area contributed by atoms with Crippen LogP contribution in [0.4, 0.5) is 34.1 Å². The first-order valence-corrected chi connectivity index (χ1v) is 18.9. The summed E-state index contributed by atoms with van der Waals surface area (Å²) < 4.78 is 0. The number of rotatable bonds is 9. The van der Waals surface area contributed by atoms with Gasteiger partial charge in [0.05, 0.1) is 11.4 Å². The number of hydrogen-bond donors (Lipinski definition) is 0. The van der Waals surface area contributed by atoms with Gasteiger partial charge >= 0.3 is 0 Å². The van der Waals surface area contributed by atoms with Gasteiger partial charge in [0.25, 0.3) is 0 Å². The topological polar surface area (TPSA) is 6.48 Å². The van der Waals surface area contributed by atoms with Crippen LogP contribution >= 0.6 is 0 Å². The first kappa shape index (κ1) is 33.9. The first-order chi connectivity index (χ1) is 26.9. The zero-order valence-electron chi connectivity index (χ0n) is 31.3. The van der Waals surface area contributed by atoms with Crippen molar-refractivity contribution in [2.45, 2.75) is 19.3 Å². The predicted molar refractivity (Wildman–Crippen MR) is 236 cm³/mol. The molecule has 1 aliphatic carbocycles. The number of anilines is 6. The summed E-state index contributed by atoms with van der Waals surface area (Å²) in [7, 11) is 0. The van der Waals surface area contributed by atoms with E-state index in [4.69, 9.17) is 0 Å². The molecule has 0 saturated heterocycles. The minimum Gasteiger partial charge on any atom is -0.308 e. The Kier molecular flexibility index (Phi) is 8.52. The Balaban J connectivity index is 1.34. The second-order valence-electron chi connectivity index (χ2n) is 14.8. The van der Waals surface area contributed by atoms with Crippen molar-refractivity contribution in [3.05, 3.63) is 217 Å². The van der Waals surface area contributed by atoms with Gasteiger partial charge in [0, 0.05) is 28.2 Å². The normalized spacial score (nSPS) is 12.5. The highest BCUT2D eigenvalue weighted by atomic mass is 15.2. The van der Waals surface area contributed by atoms with Gasteiger partial charge < -0.3 is 9.80 Å². The molecule has 9 rings (SSSR count). The molecule has 0 heterocycles. The second kappa shape index (κ2) is 13.8. The molecule has 0 fully saturated rings. The van der Waals surface area contributed by atoms with E-state index in [2.05, 4.69) is 219 Å². The molecule has 0 atom stereocenters. The lowest BCUT2D eigenvalue weighted by atomic mass is 9.81. The van der Waals surface area contributed by atoms with Gasteiger partial charge in [-0.25, -0.2) is 0 Å². The molecule has 0 aromatic heterocycles. The molecule has 1 aliphatic rings. The number of nitrogens with zero attached hydrogens (tertiary/aromatic N) is 2. The smallest absolute Gasteiger partial charge is 0.0708 e. The van der Waals surface area contributed by atoms with E-state index < -0.39 is 0 Å². The van der Waals surface area contributed by atoms with Crippen LogP contribution in [0, 0.1) is 0 Å². The summed E-state index contributed by atoms with van der Waals surface area (Å²) >= 11 is 0. The van der Waals surface area contributed by atoms with Crippen LogP contribution < -0.4 is 9.80 Å². The minimum absolute atomic E-state index is 0.155. The summed E-state index contributed by atoms with van der Waals surface area (Å²) in [6, 6.07) is 66.0. The highest BCUT2D eigenvalue weighted by Crippen LogP contribution is 2.53. The summed E-state index contributed by atoms with van der Waals surface area (Å²) in [5.41, 5.74) is 16.2. The van der Waals surface area contributed by atoms with Crippen LogP contribution in [0.1, 0.15) is 36.1 Å². The second-order valence-corrected chi connectivity index (χ2v) is 14.8. The molecule has 0 N–H and O–H groups in total. The van der Waals surface area contributed by atoms with Crippen molar-refractivity contribution >= 4 is 57.0 Å². The summed E-state index contributed by atoms with van der Waals surface area (Å²) in [6.07, 6.45) is 3.79. The molecular weight excluding hydrogens is 665 g/mol. The Morgan fingerprint density at radius 1 is 0.400 bits per heavy atom. The third-order valence-electron chi connectivity index (χ3n) is 11.1. The average molecular weight is 707 g/mol. The monoisotopic (exact) mass is 706 g/mol. The number of para-hydroxylation sites is 2. The lowest BCUT2D eigenvalue weighted by Crippen LogP contribution is -2.17. The molecule has 2 nitrogen and oxygen atoms in total. The lowest BCUT2D eigenvalue weighted by molar-refractivity contribution is 0.661. The maximum Gasteiger partial charge on any atom is 0.0708 e. The van der Waals surface area contributed by atoms with Gasteiger partial charge in [-0.15, -0.1) is 0 Å². The third-order valence-corrected chi connectivity index (χ3v) is 11.1. The molecule has 0 aliphatic heterocycles. The Hall–Kier alpha value is -6.90. The third kappa shape index (κ3) is 6.02. The van der Waals surface area contributed by atoms with Crippen molar-refractivity contribution in [2.24, 2.45) is 0 Å². The fourth-order valence-corrected chi connectivity index (χ4v) is 8.22. The van der Waals surface area contributed by atoms with Crippen LogP contribution in [0.3, 0.4) is 0 Å². The van der Waals surface area contributed by atoms with E-state index in [0.29, 0.717) is 0 Å². The molecule has 0 radical (unpaired) electrons. The molecule has 0 unspecified atom stereocenters. The van der Waals surface area contributed by atoms with Crippen molar-refractivity contribution in [2.75, 3.05) is 9.80 Å². The number of benzene rings is 8. The lowest BCUT2D eigenvalue weighted by Gasteiger charge is -2.34. The minimum atomic E-state index is -0.155. The fraction of sp³-hybridized carbons (Fsp3) is 0.0566. The van der Waals surface area contributed by atoms with E-state index in [1.165, 1.54) is 44.2 Å². The predicted octanol–water partition coefficient (Wildman–Crippen LogP) is 15.0. The molecule has 0 saturated carbocycles. The van der Waals surface area contributed by atoms with E-state index >= 15 is 0 Å². The molecule has 0 amide bonds. The van der Waals surface area contributed by atoms with Crippen LogP contribution in [-0.4, -0.2) is 0 Å². The molecule has 2 heteroatoms. The maximum absolute atomic E-state index is 4.03. The molecule has 0 bridgehead atoms. The fourth-order valence-electron chi connectivity index (χ4n) is 8.22. The summed E-state index contributed by atoms with van der Waals surface area (Å²) in [5.74, 6) is 0. The van der Waals surface area contributed by atoms with Gasteiger partial charge in [0.2, 0.25) is 0 Å². The number of fused-ring (bicyclic) bond motifs is 4. The van der Waals surface area contributed by atoms with Gasteiger partial charge in [-0.05, 0) is 134 Å². The molecule has 8 aromatic carbocycles. The zero-order valence-corrected chi connectivity index (χ0v) is 31.3. The van der Waals surface area contributed by atoms with E-state index in [1.807, 2.05) is 12.2 Å². The van der Waals surface area contributed by atoms with E-state index in [0.717, 1.165) is 45.3 Å². The summed E-state index contributed by atoms with van der Waals surface area (Å²) in [5, 5.41) is 2.38. The van der Waals surface area contributed by atoms with E-state index in [9.17, 15) is 0 Å². The molecule has 0 spiro atoms. The Morgan fingerprint density at radius 3 is 1.33 bits per heavy atom. The van der Waals surface area contributed by atoms with Gasteiger partial charge in [-0.2, -0.15) is 0 Å². The first-order valence-electron chi connectivity index (χ1n) is 18.9. The van der Waals surface area contributed by atoms with Crippen LogP contribution in [0.15, 0.2) is 195 Å². The van der Waals surface area contributed by atoms with Crippen LogP contribution in [0.2, 0.25) is 0 Å². The van der Waals surface area contributed by atoms with Crippen LogP contribution in [0.25, 0.3) is 45.2 Å². The summed E-state index contributed by atoms with van der Waals surface area (Å²) in [6.45, 7) is 12.8. The average Bonchev–Trinajstić information content (AvgIpc) is 3.46. The zero-order chi connectivity index (χ0) is 37.5. The van der Waals surface area contributed by atoms with E-state index in [1.54, 1.807) is 0 Å². The standard InChI is InChI=1S/C53H42N2/c1-5-37-22-27-45(28-23-37)55(46-29-24-38(6-2)25-30-46)51-35-41-33-48-47-32-40(39-16-10-7-11-17-39)26-31-49(47)53(3,4)50(48)34-42(41)36-52(51)54(43-18-12-8-13-19-43)44-20-14-9-15-21-44/h5-36H,1-2H2,3-4H3. The Bertz CT molecular complexity index is 2580. The molecule has 8 aromatic rings. The quantitative estimate of drug-likeness (QED) is 0.147. The largest absolute Gasteiger partial charge is 0.308 e. The van der Waals surface area contributed by atoms with Crippen molar-refractivity contribution in [1.82, 2.24) is 0 Å². The van der Waals surface area contributed by atoms with Crippen molar-refractivity contribution < 1.29 is 0 Å². The Morgan fingerprint density at radius 2 is 0.836 bits per heavy atom. The van der Waals surface area contributed by atoms with Crippen molar-refractivity contribution in [3.63, 3.8) is 0 Å². The molecule has 264 valence electrons. The van der Waals surface area contributed by atoms with Gasteiger partial charge in [0.15, 0.2) is 0 Å². The van der Waals surface area contributed by atoms with Crippen LogP contribution in [-0.2, 0) is 5.41 Å². The SMILES string of the molecule is C=Cc1ccc(N(c2ccc(C=C)cc2)c2cc3cc4c(cc3cc2N(c2ccccc2)c2ccccc2)C(C)(C)c2ccc(-c3ccccc3)cc2-4)cc1. The van der Waals surface area contributed by atoms with Gasteiger partial charge in [-0.3, -0.25) is 0 Å². The molecular formula is C53H42N2. The summed E-state index contributed by atoms with van der Waals surface area (Å²) in [4.78, 5) is 4.77. The van der Waals surface area contributed by atoms with E-state index in [-0.39, 0.29) is 5.41 Å². The number of hydrogen-bond acceptors (Lipinski definition) is 2. The van der Waals surface area contributed by atoms with Crippen molar-refractivity contribution in [1.29, 1.82) is 0 Å². The highest BCUT2D eigenvalue weighted by molar-refractivity contribution is 6.03. The maximum atomic E-state index is 4.03. The van der Waals surface area contributed by atoms with Crippen LogP contribution in [0.5, 0.6) is 0 Å². The van der Waals surface area contributed by atoms with Crippen molar-refractivity contribution in [3.8, 4) is 22.3 Å².